The third-order valence-corrected chi connectivity index (χ3v) is 6.19. The van der Waals surface area contributed by atoms with Crippen molar-refractivity contribution in [2.75, 3.05) is 25.2 Å². The number of methoxy groups -OCH3 is 1. The molecule has 2 aromatic heterocycles. The molecule has 3 heterocycles. The second kappa shape index (κ2) is 7.91. The van der Waals surface area contributed by atoms with Gasteiger partial charge in [0.15, 0.2) is 0 Å². The molecule has 1 aliphatic rings. The van der Waals surface area contributed by atoms with Gasteiger partial charge in [0, 0.05) is 23.6 Å². The number of ether oxygens (including phenoxy) is 2. The first kappa shape index (κ1) is 20.3. The maximum Gasteiger partial charge on any atom is 0.323 e. The molecule has 34 heavy (non-hydrogen) atoms. The fraction of sp³-hybridized carbons (Fsp3) is 0.192. The summed E-state index contributed by atoms with van der Waals surface area (Å²) in [6.45, 7) is 3.83. The molecular formula is C26H23N5O3. The summed E-state index contributed by atoms with van der Waals surface area (Å²) in [7, 11) is 1.65. The van der Waals surface area contributed by atoms with E-state index in [1.54, 1.807) is 7.11 Å². The molecule has 0 amide bonds. The molecule has 8 heteroatoms. The van der Waals surface area contributed by atoms with Crippen molar-refractivity contribution in [3.05, 3.63) is 76.5 Å². The Morgan fingerprint density at radius 2 is 1.79 bits per heavy atom. The molecule has 5 aromatic rings. The van der Waals surface area contributed by atoms with E-state index < -0.39 is 0 Å². The molecule has 0 unspecified atom stereocenters. The van der Waals surface area contributed by atoms with Crippen molar-refractivity contribution in [2.45, 2.75) is 13.5 Å². The van der Waals surface area contributed by atoms with Crippen molar-refractivity contribution in [3.8, 4) is 22.6 Å². The van der Waals surface area contributed by atoms with Crippen LogP contribution in [0.3, 0.4) is 0 Å². The Kier molecular flexibility index (Phi) is 4.72. The molecule has 0 radical (unpaired) electrons. The average molecular weight is 454 g/mol. The van der Waals surface area contributed by atoms with Crippen LogP contribution in [0, 0.1) is 6.92 Å². The number of nitrogens with one attached hydrogen (secondary N) is 2. The van der Waals surface area contributed by atoms with Gasteiger partial charge < -0.3 is 24.3 Å². The molecule has 1 aliphatic heterocycles. The van der Waals surface area contributed by atoms with Crippen LogP contribution in [0.15, 0.2) is 59.4 Å². The van der Waals surface area contributed by atoms with Gasteiger partial charge in [0.1, 0.15) is 29.7 Å². The second-order valence-electron chi connectivity index (χ2n) is 8.41. The Morgan fingerprint density at radius 1 is 0.971 bits per heavy atom. The summed E-state index contributed by atoms with van der Waals surface area (Å²) in [5, 5.41) is 0.980. The van der Waals surface area contributed by atoms with Gasteiger partial charge in [-0.3, -0.25) is 0 Å². The van der Waals surface area contributed by atoms with Crippen LogP contribution in [0.4, 0.5) is 5.82 Å². The van der Waals surface area contributed by atoms with Crippen molar-refractivity contribution < 1.29 is 9.47 Å². The quantitative estimate of drug-likeness (QED) is 0.425. The first-order valence-corrected chi connectivity index (χ1v) is 11.1. The molecule has 0 aliphatic carbocycles. The highest BCUT2D eigenvalue weighted by molar-refractivity contribution is 5.90. The van der Waals surface area contributed by atoms with Crippen LogP contribution in [0.1, 0.15) is 11.4 Å². The number of aromatic nitrogens is 4. The van der Waals surface area contributed by atoms with Crippen LogP contribution < -0.4 is 20.1 Å². The summed E-state index contributed by atoms with van der Waals surface area (Å²) in [6, 6.07) is 18.0. The normalized spacial score (nSPS) is 13.5. The van der Waals surface area contributed by atoms with Gasteiger partial charge in [-0.15, -0.1) is 0 Å². The molecule has 0 fully saturated rings. The Bertz CT molecular complexity index is 1600. The predicted molar refractivity (Wildman–Crippen MR) is 132 cm³/mol. The summed E-state index contributed by atoms with van der Waals surface area (Å²) in [6.07, 6.45) is 0. The largest absolute Gasteiger partial charge is 0.497 e. The number of rotatable bonds is 3. The molecule has 0 atom stereocenters. The van der Waals surface area contributed by atoms with Gasteiger partial charge in [0.05, 0.1) is 30.2 Å². The van der Waals surface area contributed by atoms with E-state index in [9.17, 15) is 4.79 Å². The van der Waals surface area contributed by atoms with E-state index in [1.807, 2.05) is 49.4 Å². The fourth-order valence-corrected chi connectivity index (χ4v) is 4.54. The van der Waals surface area contributed by atoms with Crippen molar-refractivity contribution in [1.29, 1.82) is 0 Å². The maximum atomic E-state index is 11.6. The Balaban J connectivity index is 1.40. The van der Waals surface area contributed by atoms with E-state index in [0.717, 1.165) is 55.9 Å². The van der Waals surface area contributed by atoms with E-state index in [2.05, 4.69) is 32.0 Å². The Hall–Kier alpha value is -4.33. The molecule has 8 nitrogen and oxygen atoms in total. The molecule has 0 saturated carbocycles. The van der Waals surface area contributed by atoms with E-state index in [0.29, 0.717) is 25.5 Å². The van der Waals surface area contributed by atoms with Crippen molar-refractivity contribution in [2.24, 2.45) is 0 Å². The lowest BCUT2D eigenvalue weighted by atomic mass is 10.0. The number of fused-ring (bicyclic) bond motifs is 3. The zero-order valence-electron chi connectivity index (χ0n) is 18.9. The van der Waals surface area contributed by atoms with Crippen molar-refractivity contribution in [1.82, 2.24) is 19.9 Å². The minimum Gasteiger partial charge on any atom is -0.497 e. The molecule has 6 rings (SSSR count). The number of anilines is 1. The van der Waals surface area contributed by atoms with Crippen LogP contribution in [-0.4, -0.2) is 40.2 Å². The smallest absolute Gasteiger partial charge is 0.323 e. The van der Waals surface area contributed by atoms with Crippen LogP contribution in [0.2, 0.25) is 0 Å². The van der Waals surface area contributed by atoms with Crippen LogP contribution in [0.5, 0.6) is 11.5 Å². The third kappa shape index (κ3) is 3.53. The number of nitrogens with zero attached hydrogens (tertiary/aromatic N) is 3. The molecule has 3 aromatic carbocycles. The van der Waals surface area contributed by atoms with Crippen LogP contribution >= 0.6 is 0 Å². The first-order valence-electron chi connectivity index (χ1n) is 11.1. The minimum atomic E-state index is -0.205. The van der Waals surface area contributed by atoms with Crippen molar-refractivity contribution >= 4 is 27.8 Å². The number of benzene rings is 3. The van der Waals surface area contributed by atoms with Gasteiger partial charge in [0.2, 0.25) is 0 Å². The van der Waals surface area contributed by atoms with Crippen LogP contribution in [0.25, 0.3) is 33.1 Å². The molecule has 0 spiro atoms. The predicted octanol–water partition coefficient (Wildman–Crippen LogP) is 4.18. The zero-order chi connectivity index (χ0) is 23.2. The number of imidazole rings is 1. The van der Waals surface area contributed by atoms with E-state index in [-0.39, 0.29) is 5.69 Å². The topological polar surface area (TPSA) is 96.1 Å². The summed E-state index contributed by atoms with van der Waals surface area (Å²) in [4.78, 5) is 28.9. The van der Waals surface area contributed by atoms with Gasteiger partial charge in [-0.1, -0.05) is 12.1 Å². The highest BCUT2D eigenvalue weighted by Crippen LogP contribution is 2.33. The van der Waals surface area contributed by atoms with Gasteiger partial charge in [-0.2, -0.15) is 0 Å². The number of aryl methyl sites for hydroxylation is 1. The molecule has 0 bridgehead atoms. The van der Waals surface area contributed by atoms with E-state index in [1.165, 1.54) is 0 Å². The summed E-state index contributed by atoms with van der Waals surface area (Å²) >= 11 is 0. The van der Waals surface area contributed by atoms with E-state index in [4.69, 9.17) is 14.5 Å². The lowest BCUT2D eigenvalue weighted by molar-refractivity contribution is 0.331. The Morgan fingerprint density at radius 3 is 2.68 bits per heavy atom. The van der Waals surface area contributed by atoms with Crippen LogP contribution in [-0.2, 0) is 6.54 Å². The monoisotopic (exact) mass is 453 g/mol. The van der Waals surface area contributed by atoms with Gasteiger partial charge in [0.25, 0.3) is 0 Å². The average Bonchev–Trinajstić information content (AvgIpc) is 3.08. The Labute approximate surface area is 195 Å². The first-order chi connectivity index (χ1) is 16.6. The number of aromatic amines is 2. The zero-order valence-corrected chi connectivity index (χ0v) is 18.9. The number of hydrogen-bond acceptors (Lipinski definition) is 6. The fourth-order valence-electron chi connectivity index (χ4n) is 4.54. The van der Waals surface area contributed by atoms with Gasteiger partial charge in [-0.05, 0) is 54.4 Å². The molecule has 0 saturated heterocycles. The summed E-state index contributed by atoms with van der Waals surface area (Å²) in [5.41, 5.74) is 5.39. The molecule has 170 valence electrons. The maximum absolute atomic E-state index is 11.6. The summed E-state index contributed by atoms with van der Waals surface area (Å²) in [5.74, 6) is 3.24. The number of hydrogen-bond donors (Lipinski definition) is 2. The lowest BCUT2D eigenvalue weighted by Crippen LogP contribution is -2.26. The standard InChI is InChI=1S/C26H23N5O3/c1-15-27-22-13-19(33-2)5-6-20(22)25(28-15)31-9-10-34-24-8-4-16(11-18(24)14-31)17-3-7-21-23(12-17)30-26(32)29-21/h3-8,11-13H,9-10,14H2,1-2H3,(H2,29,30,32). The highest BCUT2D eigenvalue weighted by atomic mass is 16.5. The SMILES string of the molecule is COc1ccc2c(N3CCOc4ccc(-c5ccc6[nH]c(=O)[nH]c6c5)cc4C3)nc(C)nc2c1. The van der Waals surface area contributed by atoms with Gasteiger partial charge in [-0.25, -0.2) is 14.8 Å². The lowest BCUT2D eigenvalue weighted by Gasteiger charge is -2.23. The second-order valence-corrected chi connectivity index (χ2v) is 8.41. The minimum absolute atomic E-state index is 0.205. The van der Waals surface area contributed by atoms with Crippen molar-refractivity contribution in [3.63, 3.8) is 0 Å². The third-order valence-electron chi connectivity index (χ3n) is 6.19. The number of H-pyrrole nitrogens is 2. The van der Waals surface area contributed by atoms with E-state index >= 15 is 0 Å². The molecule has 2 N–H and O–H groups in total. The summed E-state index contributed by atoms with van der Waals surface area (Å²) < 4.78 is 11.5. The molecular weight excluding hydrogens is 430 g/mol. The van der Waals surface area contributed by atoms with Gasteiger partial charge >= 0.3 is 5.69 Å². The highest BCUT2D eigenvalue weighted by Gasteiger charge is 2.20.